The highest BCUT2D eigenvalue weighted by atomic mass is 16.6. The van der Waals surface area contributed by atoms with Gasteiger partial charge in [0.1, 0.15) is 5.60 Å². The Morgan fingerprint density at radius 3 is 2.80 bits per heavy atom. The second kappa shape index (κ2) is 5.42. The molecule has 0 saturated heterocycles. The molecular formula is C15H22N2O3. The van der Waals surface area contributed by atoms with Crippen LogP contribution < -0.4 is 10.6 Å². The Morgan fingerprint density at radius 1 is 1.50 bits per heavy atom. The summed E-state index contributed by atoms with van der Waals surface area (Å²) in [5.41, 5.74) is 7.60. The highest BCUT2D eigenvalue weighted by Gasteiger charge is 2.30. The fraction of sp³-hybridized carbons (Fsp3) is 0.533. The summed E-state index contributed by atoms with van der Waals surface area (Å²) in [5.74, 6) is 0. The molecule has 5 nitrogen and oxygen atoms in total. The molecule has 0 fully saturated rings. The van der Waals surface area contributed by atoms with Crippen molar-refractivity contribution < 1.29 is 14.6 Å². The van der Waals surface area contributed by atoms with E-state index in [0.29, 0.717) is 13.0 Å². The number of aliphatic hydroxyl groups is 1. The Hall–Kier alpha value is -1.59. The van der Waals surface area contributed by atoms with E-state index in [4.69, 9.17) is 10.5 Å². The van der Waals surface area contributed by atoms with Gasteiger partial charge in [0, 0.05) is 13.1 Å². The van der Waals surface area contributed by atoms with Crippen molar-refractivity contribution in [1.29, 1.82) is 0 Å². The number of nitrogens with zero attached hydrogens (tertiary/aromatic N) is 1. The number of aliphatic hydroxyl groups excluding tert-OH is 1. The summed E-state index contributed by atoms with van der Waals surface area (Å²) >= 11 is 0. The van der Waals surface area contributed by atoms with Crippen molar-refractivity contribution in [1.82, 2.24) is 0 Å². The van der Waals surface area contributed by atoms with Gasteiger partial charge < -0.3 is 15.6 Å². The largest absolute Gasteiger partial charge is 0.443 e. The van der Waals surface area contributed by atoms with Gasteiger partial charge in [-0.1, -0.05) is 12.1 Å². The number of nitrogens with two attached hydrogens (primary N) is 1. The van der Waals surface area contributed by atoms with Crippen LogP contribution in [-0.4, -0.2) is 29.9 Å². The Kier molecular flexibility index (Phi) is 4.01. The minimum Gasteiger partial charge on any atom is -0.443 e. The van der Waals surface area contributed by atoms with Crippen LogP contribution in [0.4, 0.5) is 10.5 Å². The summed E-state index contributed by atoms with van der Waals surface area (Å²) in [5, 5.41) is 9.95. The zero-order chi connectivity index (χ0) is 14.9. The average Bonchev–Trinajstić information content (AvgIpc) is 2.79. The number of hydrogen-bond acceptors (Lipinski definition) is 4. The van der Waals surface area contributed by atoms with Crippen LogP contribution in [-0.2, 0) is 11.2 Å². The topological polar surface area (TPSA) is 75.8 Å². The summed E-state index contributed by atoms with van der Waals surface area (Å²) in [6, 6.07) is 5.56. The molecule has 110 valence electrons. The molecule has 1 unspecified atom stereocenters. The lowest BCUT2D eigenvalue weighted by molar-refractivity contribution is 0.0584. The summed E-state index contributed by atoms with van der Waals surface area (Å²) in [4.78, 5) is 13.8. The summed E-state index contributed by atoms with van der Waals surface area (Å²) in [6.07, 6.45) is -0.332. The second-order valence-corrected chi connectivity index (χ2v) is 5.98. The molecular weight excluding hydrogens is 256 g/mol. The standard InChI is InChI=1S/C15H22N2O3/c1-15(2,3)20-14(19)17-8-7-10-11(13(18)9-16)5-4-6-12(10)17/h4-6,13,18H,7-9,16H2,1-3H3. The van der Waals surface area contributed by atoms with Crippen molar-refractivity contribution in [2.45, 2.75) is 38.9 Å². The first-order chi connectivity index (χ1) is 9.33. The minimum absolute atomic E-state index is 0.170. The summed E-state index contributed by atoms with van der Waals surface area (Å²) in [6.45, 7) is 6.27. The molecule has 1 aromatic carbocycles. The van der Waals surface area contributed by atoms with Crippen LogP contribution in [0.3, 0.4) is 0 Å². The van der Waals surface area contributed by atoms with Crippen molar-refractivity contribution in [2.24, 2.45) is 5.73 Å². The van der Waals surface area contributed by atoms with Crippen molar-refractivity contribution in [3.63, 3.8) is 0 Å². The van der Waals surface area contributed by atoms with Gasteiger partial charge in [-0.2, -0.15) is 0 Å². The number of ether oxygens (including phenoxy) is 1. The molecule has 0 spiro atoms. The number of amides is 1. The lowest BCUT2D eigenvalue weighted by Crippen LogP contribution is -2.35. The maximum Gasteiger partial charge on any atom is 0.414 e. The van der Waals surface area contributed by atoms with Gasteiger partial charge in [0.15, 0.2) is 0 Å². The van der Waals surface area contributed by atoms with Crippen LogP contribution >= 0.6 is 0 Å². The number of anilines is 1. The van der Waals surface area contributed by atoms with E-state index in [0.717, 1.165) is 16.8 Å². The Labute approximate surface area is 119 Å². The first-order valence-electron chi connectivity index (χ1n) is 6.84. The third-order valence-electron chi connectivity index (χ3n) is 3.26. The van der Waals surface area contributed by atoms with Gasteiger partial charge in [-0.15, -0.1) is 0 Å². The molecule has 1 aliphatic heterocycles. The van der Waals surface area contributed by atoms with E-state index in [1.165, 1.54) is 0 Å². The molecule has 0 aliphatic carbocycles. The highest BCUT2D eigenvalue weighted by molar-refractivity contribution is 5.91. The average molecular weight is 278 g/mol. The number of rotatable bonds is 2. The van der Waals surface area contributed by atoms with Crippen LogP contribution in [0.2, 0.25) is 0 Å². The first-order valence-corrected chi connectivity index (χ1v) is 6.84. The van der Waals surface area contributed by atoms with E-state index >= 15 is 0 Å². The molecule has 2 rings (SSSR count). The van der Waals surface area contributed by atoms with Gasteiger partial charge in [-0.05, 0) is 44.4 Å². The Balaban J connectivity index is 2.28. The first kappa shape index (κ1) is 14.8. The molecule has 0 saturated carbocycles. The van der Waals surface area contributed by atoms with Crippen molar-refractivity contribution in [2.75, 3.05) is 18.0 Å². The molecule has 1 aromatic rings. The van der Waals surface area contributed by atoms with Crippen molar-refractivity contribution in [3.05, 3.63) is 29.3 Å². The Morgan fingerprint density at radius 2 is 2.20 bits per heavy atom. The SMILES string of the molecule is CC(C)(C)OC(=O)N1CCc2c(C(O)CN)cccc21. The number of benzene rings is 1. The molecule has 3 N–H and O–H groups in total. The number of hydrogen-bond donors (Lipinski definition) is 2. The highest BCUT2D eigenvalue weighted by Crippen LogP contribution is 2.34. The zero-order valence-corrected chi connectivity index (χ0v) is 12.2. The molecule has 5 heteroatoms. The van der Waals surface area contributed by atoms with E-state index in [2.05, 4.69) is 0 Å². The zero-order valence-electron chi connectivity index (χ0n) is 12.2. The van der Waals surface area contributed by atoms with Crippen LogP contribution in [0, 0.1) is 0 Å². The fourth-order valence-corrected chi connectivity index (χ4v) is 2.41. The molecule has 0 radical (unpaired) electrons. The smallest absolute Gasteiger partial charge is 0.414 e. The van der Waals surface area contributed by atoms with Crippen LogP contribution in [0.5, 0.6) is 0 Å². The van der Waals surface area contributed by atoms with Crippen LogP contribution in [0.1, 0.15) is 38.0 Å². The minimum atomic E-state index is -0.691. The van der Waals surface area contributed by atoms with Crippen LogP contribution in [0.15, 0.2) is 18.2 Å². The quantitative estimate of drug-likeness (QED) is 0.867. The third kappa shape index (κ3) is 2.94. The molecule has 1 heterocycles. The van der Waals surface area contributed by atoms with Gasteiger partial charge in [-0.3, -0.25) is 4.90 Å². The molecule has 1 aliphatic rings. The lowest BCUT2D eigenvalue weighted by atomic mass is 10.0. The number of carbonyl (C=O) groups is 1. The summed E-state index contributed by atoms with van der Waals surface area (Å²) < 4.78 is 5.40. The number of fused-ring (bicyclic) bond motifs is 1. The molecule has 0 bridgehead atoms. The maximum atomic E-state index is 12.2. The van der Waals surface area contributed by atoms with E-state index < -0.39 is 11.7 Å². The van der Waals surface area contributed by atoms with Gasteiger partial charge >= 0.3 is 6.09 Å². The van der Waals surface area contributed by atoms with Gasteiger partial charge in [-0.25, -0.2) is 4.79 Å². The molecule has 1 amide bonds. The normalized spacial score (nSPS) is 15.9. The van der Waals surface area contributed by atoms with Gasteiger partial charge in [0.25, 0.3) is 0 Å². The lowest BCUT2D eigenvalue weighted by Gasteiger charge is -2.25. The van der Waals surface area contributed by atoms with Crippen molar-refractivity contribution >= 4 is 11.8 Å². The van der Waals surface area contributed by atoms with E-state index in [1.807, 2.05) is 39.0 Å². The Bertz CT molecular complexity index is 508. The fourth-order valence-electron chi connectivity index (χ4n) is 2.41. The van der Waals surface area contributed by atoms with Crippen molar-refractivity contribution in [3.8, 4) is 0 Å². The third-order valence-corrected chi connectivity index (χ3v) is 3.26. The molecule has 20 heavy (non-hydrogen) atoms. The van der Waals surface area contributed by atoms with Crippen LogP contribution in [0.25, 0.3) is 0 Å². The predicted octanol–water partition coefficient (Wildman–Crippen LogP) is 1.98. The molecule has 0 aromatic heterocycles. The summed E-state index contributed by atoms with van der Waals surface area (Å²) in [7, 11) is 0. The van der Waals surface area contributed by atoms with E-state index in [9.17, 15) is 9.90 Å². The number of carbonyl (C=O) groups excluding carboxylic acids is 1. The maximum absolute atomic E-state index is 12.2. The van der Waals surface area contributed by atoms with Gasteiger partial charge in [0.05, 0.1) is 11.8 Å². The predicted molar refractivity (Wildman–Crippen MR) is 77.7 cm³/mol. The monoisotopic (exact) mass is 278 g/mol. The van der Waals surface area contributed by atoms with E-state index in [1.54, 1.807) is 4.90 Å². The molecule has 1 atom stereocenters. The van der Waals surface area contributed by atoms with E-state index in [-0.39, 0.29) is 12.6 Å². The second-order valence-electron chi connectivity index (χ2n) is 5.98. The van der Waals surface area contributed by atoms with Gasteiger partial charge in [0.2, 0.25) is 0 Å².